The van der Waals surface area contributed by atoms with Crippen molar-refractivity contribution in [3.05, 3.63) is 51.6 Å². The lowest BCUT2D eigenvalue weighted by molar-refractivity contribution is -0.382. The average Bonchev–Trinajstić information content (AvgIpc) is 3.22. The Morgan fingerprint density at radius 3 is 2.50 bits per heavy atom. The van der Waals surface area contributed by atoms with E-state index < -0.39 is 4.92 Å². The van der Waals surface area contributed by atoms with Crippen molar-refractivity contribution < 1.29 is 14.3 Å². The van der Waals surface area contributed by atoms with E-state index in [9.17, 15) is 10.1 Å². The predicted octanol–water partition coefficient (Wildman–Crippen LogP) is 2.53. The Bertz CT molecular complexity index is 1040. The molecule has 2 aliphatic rings. The summed E-state index contributed by atoms with van der Waals surface area (Å²) in [6, 6.07) is 10.2. The first-order chi connectivity index (χ1) is 13.7. The summed E-state index contributed by atoms with van der Waals surface area (Å²) in [6.07, 6.45) is 0.910. The molecule has 0 saturated carbocycles. The minimum Gasteiger partial charge on any atom is -0.378 e. The molecule has 9 heteroatoms. The maximum atomic E-state index is 11.9. The van der Waals surface area contributed by atoms with Crippen molar-refractivity contribution in [2.75, 3.05) is 42.6 Å². The van der Waals surface area contributed by atoms with E-state index in [2.05, 4.69) is 33.4 Å². The molecule has 0 radical (unpaired) electrons. The number of nitro groups is 1. The number of benzene rings is 2. The molecule has 2 aliphatic heterocycles. The summed E-state index contributed by atoms with van der Waals surface area (Å²) in [6.45, 7) is 3.80. The van der Waals surface area contributed by atoms with Crippen molar-refractivity contribution in [2.24, 2.45) is 0 Å². The van der Waals surface area contributed by atoms with Crippen LogP contribution in [0.25, 0.3) is 11.0 Å². The van der Waals surface area contributed by atoms with Gasteiger partial charge in [0.25, 0.3) is 0 Å². The summed E-state index contributed by atoms with van der Waals surface area (Å²) in [5.74, 6) is 0. The third kappa shape index (κ3) is 2.75. The second kappa shape index (κ2) is 6.75. The molecule has 144 valence electrons. The number of hydrogen-bond acceptors (Lipinski definition) is 8. The highest BCUT2D eigenvalue weighted by atomic mass is 16.6. The summed E-state index contributed by atoms with van der Waals surface area (Å²) in [5.41, 5.74) is 4.53. The molecule has 1 fully saturated rings. The van der Waals surface area contributed by atoms with Crippen LogP contribution in [0.15, 0.2) is 35.0 Å². The molecule has 0 spiro atoms. The Hall–Kier alpha value is -3.20. The molecule has 0 atom stereocenters. The number of ether oxygens (including phenoxy) is 1. The molecular formula is C19H19N5O4. The molecule has 0 bridgehead atoms. The van der Waals surface area contributed by atoms with Crippen LogP contribution in [0.3, 0.4) is 0 Å². The van der Waals surface area contributed by atoms with Crippen LogP contribution in [0.1, 0.15) is 11.1 Å². The van der Waals surface area contributed by atoms with Gasteiger partial charge in [-0.3, -0.25) is 10.1 Å². The minimum atomic E-state index is -0.396. The van der Waals surface area contributed by atoms with Crippen molar-refractivity contribution in [1.82, 2.24) is 10.3 Å². The van der Waals surface area contributed by atoms with Gasteiger partial charge < -0.3 is 14.5 Å². The largest absolute Gasteiger partial charge is 0.378 e. The smallest absolute Gasteiger partial charge is 0.323 e. The van der Waals surface area contributed by atoms with Crippen molar-refractivity contribution in [1.29, 1.82) is 0 Å². The Morgan fingerprint density at radius 1 is 0.964 bits per heavy atom. The summed E-state index contributed by atoms with van der Waals surface area (Å²) in [4.78, 5) is 15.6. The highest BCUT2D eigenvalue weighted by Crippen LogP contribution is 2.41. The van der Waals surface area contributed by atoms with Crippen LogP contribution in [0.2, 0.25) is 0 Å². The van der Waals surface area contributed by atoms with Gasteiger partial charge in [-0.1, -0.05) is 24.3 Å². The normalized spacial score (nSPS) is 17.0. The molecule has 0 aliphatic carbocycles. The number of nitro benzene ring substituents is 1. The summed E-state index contributed by atoms with van der Waals surface area (Å²) < 4.78 is 10.3. The highest BCUT2D eigenvalue weighted by molar-refractivity contribution is 6.00. The first kappa shape index (κ1) is 16.9. The van der Waals surface area contributed by atoms with Crippen LogP contribution in [0, 0.1) is 10.1 Å². The molecule has 0 unspecified atom stereocenters. The van der Waals surface area contributed by atoms with Gasteiger partial charge in [0.15, 0.2) is 5.52 Å². The topological polar surface area (TPSA) is 97.8 Å². The van der Waals surface area contributed by atoms with E-state index in [-0.39, 0.29) is 11.2 Å². The summed E-state index contributed by atoms with van der Waals surface area (Å²) in [7, 11) is 0. The molecule has 3 aromatic rings. The van der Waals surface area contributed by atoms with Crippen LogP contribution >= 0.6 is 0 Å². The zero-order valence-electron chi connectivity index (χ0n) is 15.2. The maximum absolute atomic E-state index is 11.9. The molecule has 5 rings (SSSR count). The second-order valence-electron chi connectivity index (χ2n) is 7.02. The summed E-state index contributed by atoms with van der Waals surface area (Å²) in [5, 5.41) is 19.7. The monoisotopic (exact) mass is 381 g/mol. The van der Waals surface area contributed by atoms with E-state index in [1.807, 2.05) is 17.0 Å². The van der Waals surface area contributed by atoms with Crippen molar-refractivity contribution in [3.8, 4) is 0 Å². The standard InChI is InChI=1S/C19H19N5O4/c25-24(26)19-16(22-7-9-27-10-8-22)11-15(17-18(19)21-28-20-17)23-6-5-13-3-1-2-4-14(13)12-23/h1-4,11H,5-10,12H2. The van der Waals surface area contributed by atoms with Crippen LogP contribution < -0.4 is 9.80 Å². The third-order valence-electron chi connectivity index (χ3n) is 5.48. The molecule has 2 aromatic carbocycles. The van der Waals surface area contributed by atoms with Gasteiger partial charge in [0.1, 0.15) is 5.69 Å². The molecule has 3 heterocycles. The van der Waals surface area contributed by atoms with E-state index in [0.717, 1.165) is 25.2 Å². The summed E-state index contributed by atoms with van der Waals surface area (Å²) >= 11 is 0. The first-order valence-corrected chi connectivity index (χ1v) is 9.30. The van der Waals surface area contributed by atoms with Gasteiger partial charge in [-0.2, -0.15) is 0 Å². The van der Waals surface area contributed by atoms with E-state index in [1.54, 1.807) is 0 Å². The number of fused-ring (bicyclic) bond motifs is 2. The van der Waals surface area contributed by atoms with Crippen LogP contribution in [-0.4, -0.2) is 48.1 Å². The zero-order chi connectivity index (χ0) is 19.1. The van der Waals surface area contributed by atoms with E-state index >= 15 is 0 Å². The zero-order valence-corrected chi connectivity index (χ0v) is 15.2. The SMILES string of the molecule is O=[N+]([O-])c1c(N2CCOCC2)cc(N2CCc3ccccc3C2)c2nonc12. The highest BCUT2D eigenvalue weighted by Gasteiger charge is 2.31. The molecule has 0 amide bonds. The van der Waals surface area contributed by atoms with Gasteiger partial charge in [0, 0.05) is 26.2 Å². The fourth-order valence-corrected chi connectivity index (χ4v) is 4.07. The Morgan fingerprint density at radius 2 is 1.71 bits per heavy atom. The minimum absolute atomic E-state index is 0.0562. The lowest BCUT2D eigenvalue weighted by Crippen LogP contribution is -2.37. The number of nitrogens with zero attached hydrogens (tertiary/aromatic N) is 5. The number of hydrogen-bond donors (Lipinski definition) is 0. The fourth-order valence-electron chi connectivity index (χ4n) is 4.07. The van der Waals surface area contributed by atoms with Crippen molar-refractivity contribution >= 4 is 28.1 Å². The van der Waals surface area contributed by atoms with E-state index in [4.69, 9.17) is 9.37 Å². The van der Waals surface area contributed by atoms with Gasteiger partial charge in [0.05, 0.1) is 23.8 Å². The number of morpholine rings is 1. The molecule has 9 nitrogen and oxygen atoms in total. The van der Waals surface area contributed by atoms with Gasteiger partial charge in [-0.25, -0.2) is 4.63 Å². The lowest BCUT2D eigenvalue weighted by atomic mass is 9.99. The molecular weight excluding hydrogens is 362 g/mol. The molecule has 28 heavy (non-hydrogen) atoms. The number of rotatable bonds is 3. The molecule has 1 saturated heterocycles. The van der Waals surface area contributed by atoms with Crippen LogP contribution in [0.4, 0.5) is 17.1 Å². The van der Waals surface area contributed by atoms with Gasteiger partial charge in [-0.05, 0) is 33.9 Å². The first-order valence-electron chi connectivity index (χ1n) is 9.30. The van der Waals surface area contributed by atoms with Gasteiger partial charge >= 0.3 is 5.69 Å². The number of aromatic nitrogens is 2. The average molecular weight is 381 g/mol. The van der Waals surface area contributed by atoms with Crippen LogP contribution in [-0.2, 0) is 17.7 Å². The van der Waals surface area contributed by atoms with Crippen molar-refractivity contribution in [2.45, 2.75) is 13.0 Å². The van der Waals surface area contributed by atoms with Crippen LogP contribution in [0.5, 0.6) is 0 Å². The van der Waals surface area contributed by atoms with E-state index in [1.165, 1.54) is 11.1 Å². The Balaban J connectivity index is 1.64. The van der Waals surface area contributed by atoms with Crippen molar-refractivity contribution in [3.63, 3.8) is 0 Å². The molecule has 0 N–H and O–H groups in total. The number of anilines is 2. The second-order valence-corrected chi connectivity index (χ2v) is 7.02. The Kier molecular flexibility index (Phi) is 4.09. The quantitative estimate of drug-likeness (QED) is 0.504. The third-order valence-corrected chi connectivity index (χ3v) is 5.48. The Labute approximate surface area is 160 Å². The molecule has 1 aromatic heterocycles. The fraction of sp³-hybridized carbons (Fsp3) is 0.368. The lowest BCUT2D eigenvalue weighted by Gasteiger charge is -2.33. The predicted molar refractivity (Wildman–Crippen MR) is 103 cm³/mol. The van der Waals surface area contributed by atoms with Gasteiger partial charge in [-0.15, -0.1) is 0 Å². The van der Waals surface area contributed by atoms with Gasteiger partial charge in [0.2, 0.25) is 5.52 Å². The maximum Gasteiger partial charge on any atom is 0.323 e. The van der Waals surface area contributed by atoms with E-state index in [0.29, 0.717) is 37.5 Å².